The molecule has 1 fully saturated rings. The fourth-order valence-corrected chi connectivity index (χ4v) is 4.62. The third kappa shape index (κ3) is 4.85. The molecule has 1 saturated carbocycles. The van der Waals surface area contributed by atoms with Crippen molar-refractivity contribution in [3.8, 4) is 11.3 Å². The van der Waals surface area contributed by atoms with E-state index in [4.69, 9.17) is 4.98 Å². The highest BCUT2D eigenvalue weighted by Crippen LogP contribution is 2.29. The van der Waals surface area contributed by atoms with Gasteiger partial charge in [0.2, 0.25) is 5.56 Å². The topological polar surface area (TPSA) is 86.9 Å². The molecule has 1 aromatic carbocycles. The summed E-state index contributed by atoms with van der Waals surface area (Å²) in [6, 6.07) is 12.8. The predicted octanol–water partition coefficient (Wildman–Crippen LogP) is 3.65. The van der Waals surface area contributed by atoms with Crippen LogP contribution in [0.2, 0.25) is 0 Å². The first-order valence-corrected chi connectivity index (χ1v) is 11.1. The number of nitrogens with one attached hydrogen (secondary N) is 3. The summed E-state index contributed by atoms with van der Waals surface area (Å²) in [4.78, 5) is 32.4. The van der Waals surface area contributed by atoms with Gasteiger partial charge < -0.3 is 15.6 Å². The second-order valence-corrected chi connectivity index (χ2v) is 8.59. The van der Waals surface area contributed by atoms with Gasteiger partial charge in [-0.05, 0) is 76.2 Å². The molecule has 6 heteroatoms. The lowest BCUT2D eigenvalue weighted by atomic mass is 9.82. The number of amides is 1. The summed E-state index contributed by atoms with van der Waals surface area (Å²) in [7, 11) is 2.01. The summed E-state index contributed by atoms with van der Waals surface area (Å²) in [5.74, 6) is 1.22. The Balaban J connectivity index is 1.56. The first-order valence-electron chi connectivity index (χ1n) is 11.1. The van der Waals surface area contributed by atoms with Crippen molar-refractivity contribution in [2.75, 3.05) is 20.1 Å². The van der Waals surface area contributed by atoms with E-state index in [0.29, 0.717) is 23.7 Å². The van der Waals surface area contributed by atoms with Gasteiger partial charge >= 0.3 is 0 Å². The van der Waals surface area contributed by atoms with Crippen LogP contribution in [0.4, 0.5) is 0 Å². The van der Waals surface area contributed by atoms with E-state index < -0.39 is 0 Å². The lowest BCUT2D eigenvalue weighted by molar-refractivity contribution is 0.0943. The largest absolute Gasteiger partial charge is 0.352 e. The minimum Gasteiger partial charge on any atom is -0.352 e. The maximum absolute atomic E-state index is 13.2. The molecule has 0 bridgehead atoms. The van der Waals surface area contributed by atoms with E-state index in [0.717, 1.165) is 47.5 Å². The van der Waals surface area contributed by atoms with Crippen molar-refractivity contribution in [1.82, 2.24) is 20.6 Å². The van der Waals surface area contributed by atoms with Crippen LogP contribution in [-0.4, -0.2) is 36.0 Å². The Morgan fingerprint density at radius 2 is 1.77 bits per heavy atom. The second-order valence-electron chi connectivity index (χ2n) is 8.59. The monoisotopic (exact) mass is 418 g/mol. The average Bonchev–Trinajstić information content (AvgIpc) is 2.78. The van der Waals surface area contributed by atoms with Gasteiger partial charge in [0.05, 0.1) is 16.8 Å². The summed E-state index contributed by atoms with van der Waals surface area (Å²) < 4.78 is 0. The van der Waals surface area contributed by atoms with Gasteiger partial charge in [-0.25, -0.2) is 4.98 Å². The van der Waals surface area contributed by atoms with Crippen LogP contribution >= 0.6 is 0 Å². The van der Waals surface area contributed by atoms with Crippen LogP contribution in [-0.2, 0) is 0 Å². The predicted molar refractivity (Wildman–Crippen MR) is 124 cm³/mol. The van der Waals surface area contributed by atoms with E-state index in [1.54, 1.807) is 6.07 Å². The van der Waals surface area contributed by atoms with Crippen molar-refractivity contribution >= 4 is 16.8 Å². The van der Waals surface area contributed by atoms with Crippen molar-refractivity contribution in [2.24, 2.45) is 11.8 Å². The maximum Gasteiger partial charge on any atom is 0.252 e. The van der Waals surface area contributed by atoms with Gasteiger partial charge in [-0.2, -0.15) is 0 Å². The summed E-state index contributed by atoms with van der Waals surface area (Å²) >= 11 is 0. The standard InChI is InChI=1S/C25H30N4O2/c1-16-19(11-12-24(30)28-16)23-13-21(20-5-3-4-6-22(20)29-23)25(31)27-15-18-9-7-17(8-10-18)14-26-2/h3-6,11-13,17-18,26H,7-10,14-15H2,1-2H3,(H,27,31)(H,28,30). The minimum absolute atomic E-state index is 0.0701. The third-order valence-corrected chi connectivity index (χ3v) is 6.36. The highest BCUT2D eigenvalue weighted by atomic mass is 16.1. The Kier molecular flexibility index (Phi) is 6.47. The minimum atomic E-state index is -0.149. The molecule has 1 amide bonds. The number of rotatable bonds is 6. The van der Waals surface area contributed by atoms with Crippen LogP contribution in [0.3, 0.4) is 0 Å². The van der Waals surface area contributed by atoms with E-state index in [-0.39, 0.29) is 11.5 Å². The van der Waals surface area contributed by atoms with E-state index >= 15 is 0 Å². The van der Waals surface area contributed by atoms with Crippen molar-refractivity contribution in [1.29, 1.82) is 0 Å². The van der Waals surface area contributed by atoms with E-state index in [1.165, 1.54) is 18.9 Å². The third-order valence-electron chi connectivity index (χ3n) is 6.36. The number of aryl methyl sites for hydroxylation is 1. The molecule has 6 nitrogen and oxygen atoms in total. The van der Waals surface area contributed by atoms with Crippen LogP contribution in [0.25, 0.3) is 22.2 Å². The molecule has 31 heavy (non-hydrogen) atoms. The molecule has 3 aromatic rings. The van der Waals surface area contributed by atoms with Gasteiger partial charge in [-0.15, -0.1) is 0 Å². The van der Waals surface area contributed by atoms with E-state index in [9.17, 15) is 9.59 Å². The molecule has 2 heterocycles. The Bertz CT molecular complexity index is 1130. The number of fused-ring (bicyclic) bond motifs is 1. The smallest absolute Gasteiger partial charge is 0.252 e. The number of aromatic amines is 1. The number of para-hydroxylation sites is 1. The Labute approximate surface area is 182 Å². The van der Waals surface area contributed by atoms with Crippen LogP contribution in [0.1, 0.15) is 41.7 Å². The fourth-order valence-electron chi connectivity index (χ4n) is 4.62. The summed E-state index contributed by atoms with van der Waals surface area (Å²) in [5, 5.41) is 7.28. The SMILES string of the molecule is CNCC1CCC(CNC(=O)c2cc(-c3ccc(=O)[nH]c3C)nc3ccccc23)CC1. The molecule has 4 rings (SSSR count). The second kappa shape index (κ2) is 9.43. The summed E-state index contributed by atoms with van der Waals surface area (Å²) in [6.07, 6.45) is 4.75. The molecule has 0 saturated heterocycles. The van der Waals surface area contributed by atoms with Crippen LogP contribution in [0, 0.1) is 18.8 Å². The lowest BCUT2D eigenvalue weighted by Crippen LogP contribution is -2.32. The van der Waals surface area contributed by atoms with Gasteiger partial charge in [0.15, 0.2) is 0 Å². The number of aromatic nitrogens is 2. The molecule has 0 spiro atoms. The Morgan fingerprint density at radius 3 is 2.48 bits per heavy atom. The van der Waals surface area contributed by atoms with Crippen molar-refractivity contribution < 1.29 is 4.79 Å². The fraction of sp³-hybridized carbons (Fsp3) is 0.400. The molecular formula is C25H30N4O2. The molecule has 0 radical (unpaired) electrons. The zero-order valence-electron chi connectivity index (χ0n) is 18.2. The molecule has 162 valence electrons. The molecule has 0 atom stereocenters. The van der Waals surface area contributed by atoms with Crippen molar-refractivity contribution in [3.63, 3.8) is 0 Å². The zero-order chi connectivity index (χ0) is 21.8. The van der Waals surface area contributed by atoms with Crippen molar-refractivity contribution in [3.05, 3.63) is 64.1 Å². The van der Waals surface area contributed by atoms with Gasteiger partial charge in [-0.3, -0.25) is 9.59 Å². The number of carbonyl (C=O) groups excluding carboxylic acids is 1. The highest BCUT2D eigenvalue weighted by Gasteiger charge is 2.22. The van der Waals surface area contributed by atoms with Gasteiger partial charge in [0.1, 0.15) is 0 Å². The molecule has 1 aliphatic rings. The number of benzene rings is 1. The van der Waals surface area contributed by atoms with Crippen LogP contribution in [0.15, 0.2) is 47.3 Å². The maximum atomic E-state index is 13.2. The summed E-state index contributed by atoms with van der Waals surface area (Å²) in [6.45, 7) is 3.63. The van der Waals surface area contributed by atoms with Crippen LogP contribution in [0.5, 0.6) is 0 Å². The number of H-pyrrole nitrogens is 1. The normalized spacial score (nSPS) is 18.8. The molecule has 3 N–H and O–H groups in total. The summed E-state index contributed by atoms with van der Waals surface area (Å²) in [5.41, 5.74) is 3.48. The Morgan fingerprint density at radius 1 is 1.06 bits per heavy atom. The molecule has 0 aliphatic heterocycles. The first kappa shape index (κ1) is 21.2. The number of carbonyl (C=O) groups is 1. The average molecular weight is 419 g/mol. The van der Waals surface area contributed by atoms with E-state index in [1.807, 2.05) is 44.3 Å². The number of pyridine rings is 2. The van der Waals surface area contributed by atoms with E-state index in [2.05, 4.69) is 15.6 Å². The quantitative estimate of drug-likeness (QED) is 0.570. The number of hydrogen-bond acceptors (Lipinski definition) is 4. The van der Waals surface area contributed by atoms with Crippen molar-refractivity contribution in [2.45, 2.75) is 32.6 Å². The number of nitrogens with zero attached hydrogens (tertiary/aromatic N) is 1. The molecule has 0 unspecified atom stereocenters. The first-order chi connectivity index (χ1) is 15.0. The van der Waals surface area contributed by atoms with Gasteiger partial charge in [0.25, 0.3) is 5.91 Å². The lowest BCUT2D eigenvalue weighted by Gasteiger charge is -2.28. The van der Waals surface area contributed by atoms with Gasteiger partial charge in [0, 0.05) is 29.3 Å². The highest BCUT2D eigenvalue weighted by molar-refractivity contribution is 6.07. The molecular weight excluding hydrogens is 388 g/mol. The number of hydrogen-bond donors (Lipinski definition) is 3. The van der Waals surface area contributed by atoms with Crippen LogP contribution < -0.4 is 16.2 Å². The van der Waals surface area contributed by atoms with Gasteiger partial charge in [-0.1, -0.05) is 18.2 Å². The molecule has 1 aliphatic carbocycles. The zero-order valence-corrected chi connectivity index (χ0v) is 18.2. The molecule has 2 aromatic heterocycles. The Hall–Kier alpha value is -2.99.